The number of unbranched alkanes of at least 4 members (excludes halogenated alkanes) is 1. The van der Waals surface area contributed by atoms with Crippen molar-refractivity contribution in [2.24, 2.45) is 5.92 Å². The van der Waals surface area contributed by atoms with Crippen molar-refractivity contribution in [3.8, 4) is 0 Å². The molecule has 0 aliphatic carbocycles. The lowest BCUT2D eigenvalue weighted by molar-refractivity contribution is -0.155. The standard InChI is InChI=1S/C29H30BrNO7/c1-19(33)37-27(26-17-23(30)25(38-26)14-8-9-15-32)22(16-20-10-4-2-5-11-20)28(34)31-24(18-36-29(31)35)21-12-6-3-7-13-21/h2-7,10-13,17,22,24,27,32H,8-9,14-16,18H2,1H3/t22-,24+,27-/m0/s1. The highest BCUT2D eigenvalue weighted by Gasteiger charge is 2.46. The van der Waals surface area contributed by atoms with Crippen molar-refractivity contribution in [3.63, 3.8) is 0 Å². The fraction of sp³-hybridized carbons (Fsp3) is 0.345. The van der Waals surface area contributed by atoms with Crippen LogP contribution in [-0.2, 0) is 31.9 Å². The van der Waals surface area contributed by atoms with E-state index in [2.05, 4.69) is 15.9 Å². The number of benzene rings is 2. The van der Waals surface area contributed by atoms with E-state index < -0.39 is 36.0 Å². The Bertz CT molecular complexity index is 1240. The van der Waals surface area contributed by atoms with E-state index in [0.717, 1.165) is 16.0 Å². The van der Waals surface area contributed by atoms with Gasteiger partial charge in [0.25, 0.3) is 0 Å². The molecule has 0 saturated carbocycles. The van der Waals surface area contributed by atoms with Crippen molar-refractivity contribution in [2.45, 2.75) is 44.8 Å². The summed E-state index contributed by atoms with van der Waals surface area (Å²) in [7, 11) is 0. The highest BCUT2D eigenvalue weighted by atomic mass is 79.9. The molecule has 0 spiro atoms. The number of hydrogen-bond donors (Lipinski definition) is 1. The van der Waals surface area contributed by atoms with Crippen LogP contribution < -0.4 is 0 Å². The maximum Gasteiger partial charge on any atom is 0.417 e. The number of carbonyl (C=O) groups is 3. The van der Waals surface area contributed by atoms with E-state index in [0.29, 0.717) is 35.3 Å². The van der Waals surface area contributed by atoms with Gasteiger partial charge in [-0.25, -0.2) is 9.69 Å². The van der Waals surface area contributed by atoms with Gasteiger partial charge in [-0.15, -0.1) is 0 Å². The third-order valence-electron chi connectivity index (χ3n) is 6.44. The molecule has 0 radical (unpaired) electrons. The van der Waals surface area contributed by atoms with Crippen LogP contribution in [0.5, 0.6) is 0 Å². The van der Waals surface area contributed by atoms with Gasteiger partial charge in [0.15, 0.2) is 6.10 Å². The number of rotatable bonds is 11. The molecule has 0 bridgehead atoms. The number of imide groups is 1. The molecule has 2 aromatic carbocycles. The number of aliphatic hydroxyl groups excluding tert-OH is 1. The predicted molar refractivity (Wildman–Crippen MR) is 142 cm³/mol. The zero-order valence-corrected chi connectivity index (χ0v) is 22.6. The first-order chi connectivity index (χ1) is 18.4. The van der Waals surface area contributed by atoms with E-state index in [4.69, 9.17) is 19.0 Å². The minimum Gasteiger partial charge on any atom is -0.461 e. The van der Waals surface area contributed by atoms with Gasteiger partial charge in [0.05, 0.1) is 10.4 Å². The van der Waals surface area contributed by atoms with Gasteiger partial charge >= 0.3 is 12.1 Å². The molecule has 8 nitrogen and oxygen atoms in total. The summed E-state index contributed by atoms with van der Waals surface area (Å²) in [4.78, 5) is 40.4. The molecule has 38 heavy (non-hydrogen) atoms. The van der Waals surface area contributed by atoms with Gasteiger partial charge in [-0.2, -0.15) is 0 Å². The average Bonchev–Trinajstić information content (AvgIpc) is 3.49. The molecular weight excluding hydrogens is 554 g/mol. The van der Waals surface area contributed by atoms with Crippen molar-refractivity contribution < 1.29 is 33.4 Å². The van der Waals surface area contributed by atoms with Crippen molar-refractivity contribution in [3.05, 3.63) is 93.9 Å². The van der Waals surface area contributed by atoms with E-state index >= 15 is 0 Å². The number of nitrogens with zero attached hydrogens (tertiary/aromatic N) is 1. The Morgan fingerprint density at radius 3 is 2.45 bits per heavy atom. The third kappa shape index (κ3) is 6.52. The van der Waals surface area contributed by atoms with Gasteiger partial charge in [-0.3, -0.25) is 9.59 Å². The zero-order chi connectivity index (χ0) is 27.1. The van der Waals surface area contributed by atoms with Crippen molar-refractivity contribution in [1.82, 2.24) is 4.90 Å². The topological polar surface area (TPSA) is 106 Å². The van der Waals surface area contributed by atoms with Crippen LogP contribution in [0.2, 0.25) is 0 Å². The minimum atomic E-state index is -1.09. The second-order valence-electron chi connectivity index (χ2n) is 9.14. The van der Waals surface area contributed by atoms with Crippen LogP contribution in [0, 0.1) is 5.92 Å². The minimum absolute atomic E-state index is 0.0339. The third-order valence-corrected chi connectivity index (χ3v) is 7.11. The summed E-state index contributed by atoms with van der Waals surface area (Å²) in [6.45, 7) is 1.38. The lowest BCUT2D eigenvalue weighted by Gasteiger charge is -2.29. The van der Waals surface area contributed by atoms with E-state index in [1.807, 2.05) is 60.7 Å². The number of furan rings is 1. The zero-order valence-electron chi connectivity index (χ0n) is 21.0. The monoisotopic (exact) mass is 583 g/mol. The molecule has 9 heteroatoms. The normalized spacial score (nSPS) is 16.7. The number of halogens is 1. The summed E-state index contributed by atoms with van der Waals surface area (Å²) in [5.41, 5.74) is 1.60. The Labute approximate surface area is 229 Å². The number of carbonyl (C=O) groups excluding carboxylic acids is 3. The van der Waals surface area contributed by atoms with E-state index in [-0.39, 0.29) is 19.6 Å². The van der Waals surface area contributed by atoms with Gasteiger partial charge in [0, 0.05) is 20.0 Å². The first kappa shape index (κ1) is 27.6. The average molecular weight is 584 g/mol. The number of ether oxygens (including phenoxy) is 2. The Hall–Kier alpha value is -3.43. The summed E-state index contributed by atoms with van der Waals surface area (Å²) in [5.74, 6) is -1.16. The molecule has 4 rings (SSSR count). The van der Waals surface area contributed by atoms with Gasteiger partial charge in [0.2, 0.25) is 5.91 Å². The molecule has 1 fully saturated rings. The molecule has 1 aromatic heterocycles. The smallest absolute Gasteiger partial charge is 0.417 e. The maximum absolute atomic E-state index is 14.2. The van der Waals surface area contributed by atoms with E-state index in [1.54, 1.807) is 6.07 Å². The van der Waals surface area contributed by atoms with Crippen molar-refractivity contribution >= 4 is 33.9 Å². The SMILES string of the molecule is CC(=O)O[C@H](c1cc(Br)c(CCCCO)o1)[C@H](Cc1ccccc1)C(=O)N1C(=O)OC[C@@H]1c1ccccc1. The summed E-state index contributed by atoms with van der Waals surface area (Å²) < 4.78 is 17.8. The lowest BCUT2D eigenvalue weighted by Crippen LogP contribution is -2.42. The first-order valence-corrected chi connectivity index (χ1v) is 13.3. The number of aryl methyl sites for hydroxylation is 1. The second kappa shape index (κ2) is 12.9. The fourth-order valence-electron chi connectivity index (χ4n) is 4.61. The van der Waals surface area contributed by atoms with Gasteiger partial charge in [-0.05, 0) is 52.4 Å². The molecule has 3 aromatic rings. The van der Waals surface area contributed by atoms with Crippen LogP contribution in [-0.4, -0.2) is 41.2 Å². The van der Waals surface area contributed by atoms with Crippen LogP contribution >= 0.6 is 15.9 Å². The highest BCUT2D eigenvalue weighted by Crippen LogP contribution is 2.38. The van der Waals surface area contributed by atoms with E-state index in [9.17, 15) is 14.4 Å². The summed E-state index contributed by atoms with van der Waals surface area (Å²) >= 11 is 3.51. The van der Waals surface area contributed by atoms with Gasteiger partial charge in [-0.1, -0.05) is 60.7 Å². The summed E-state index contributed by atoms with van der Waals surface area (Å²) in [6, 6.07) is 19.6. The Morgan fingerprint density at radius 2 is 1.79 bits per heavy atom. The van der Waals surface area contributed by atoms with Crippen LogP contribution in [0.15, 0.2) is 75.6 Å². The van der Waals surface area contributed by atoms with Crippen molar-refractivity contribution in [2.75, 3.05) is 13.2 Å². The van der Waals surface area contributed by atoms with Crippen LogP contribution in [0.1, 0.15) is 54.6 Å². The Kier molecular flexibility index (Phi) is 9.36. The number of cyclic esters (lactones) is 1. The van der Waals surface area contributed by atoms with Gasteiger partial charge < -0.3 is 19.0 Å². The fourth-order valence-corrected chi connectivity index (χ4v) is 5.11. The molecule has 2 amide bonds. The van der Waals surface area contributed by atoms with E-state index in [1.165, 1.54) is 6.92 Å². The van der Waals surface area contributed by atoms with Crippen LogP contribution in [0.4, 0.5) is 4.79 Å². The molecule has 1 N–H and O–H groups in total. The summed E-state index contributed by atoms with van der Waals surface area (Å²) in [5, 5.41) is 9.13. The van der Waals surface area contributed by atoms with Crippen molar-refractivity contribution in [1.29, 1.82) is 0 Å². The number of aliphatic hydroxyl groups is 1. The molecule has 1 aliphatic heterocycles. The number of amides is 2. The molecule has 1 aliphatic rings. The molecule has 3 atom stereocenters. The lowest BCUT2D eigenvalue weighted by atomic mass is 9.90. The molecular formula is C29H30BrNO7. The Morgan fingerprint density at radius 1 is 1.11 bits per heavy atom. The highest BCUT2D eigenvalue weighted by molar-refractivity contribution is 9.10. The molecule has 1 saturated heterocycles. The summed E-state index contributed by atoms with van der Waals surface area (Å²) in [6.07, 6.45) is 0.233. The van der Waals surface area contributed by atoms with Crippen LogP contribution in [0.3, 0.4) is 0 Å². The van der Waals surface area contributed by atoms with Crippen LogP contribution in [0.25, 0.3) is 0 Å². The van der Waals surface area contributed by atoms with Gasteiger partial charge in [0.1, 0.15) is 24.2 Å². The second-order valence-corrected chi connectivity index (χ2v) is 9.99. The quantitative estimate of drug-likeness (QED) is 0.233. The predicted octanol–water partition coefficient (Wildman–Crippen LogP) is 5.54. The number of esters is 1. The maximum atomic E-state index is 14.2. The largest absolute Gasteiger partial charge is 0.461 e. The molecule has 200 valence electrons. The Balaban J connectivity index is 1.73. The number of hydrogen-bond acceptors (Lipinski definition) is 7. The molecule has 0 unspecified atom stereocenters. The molecule has 2 heterocycles. The first-order valence-electron chi connectivity index (χ1n) is 12.5.